The van der Waals surface area contributed by atoms with E-state index in [-0.39, 0.29) is 30.2 Å². The summed E-state index contributed by atoms with van der Waals surface area (Å²) in [6, 6.07) is 21.7. The first kappa shape index (κ1) is 21.7. The van der Waals surface area contributed by atoms with Crippen molar-refractivity contribution in [1.82, 2.24) is 4.57 Å². The number of ketones is 1. The van der Waals surface area contributed by atoms with Gasteiger partial charge in [0, 0.05) is 28.6 Å². The molecule has 0 aliphatic heterocycles. The van der Waals surface area contributed by atoms with E-state index >= 15 is 0 Å². The molecule has 0 N–H and O–H groups in total. The molecule has 0 saturated heterocycles. The Hall–Kier alpha value is -3.57. The summed E-state index contributed by atoms with van der Waals surface area (Å²) in [5.41, 5.74) is 2.78. The molecule has 0 saturated carbocycles. The van der Waals surface area contributed by atoms with Gasteiger partial charge in [-0.25, -0.2) is 0 Å². The molecule has 0 aliphatic carbocycles. The Morgan fingerprint density at radius 3 is 2.25 bits per heavy atom. The lowest BCUT2D eigenvalue weighted by Gasteiger charge is -2.18. The number of carbonyl (C=O) groups is 1. The van der Waals surface area contributed by atoms with Gasteiger partial charge in [-0.1, -0.05) is 35.9 Å². The quantitative estimate of drug-likeness (QED) is 0.276. The molecule has 4 aromatic rings. The first-order valence-electron chi connectivity index (χ1n) is 10.2. The van der Waals surface area contributed by atoms with Gasteiger partial charge in [-0.3, -0.25) is 9.59 Å². The first-order valence-corrected chi connectivity index (χ1v) is 10.6. The van der Waals surface area contributed by atoms with Crippen LogP contribution in [0.2, 0.25) is 5.02 Å². The SMILES string of the molecule is CC(=O)c1ccc(OCCOc2c(-c3ccc(Cl)cc3)n(C)c3ccccc3c2=O)cc1. The molecule has 162 valence electrons. The van der Waals surface area contributed by atoms with E-state index in [0.717, 1.165) is 11.1 Å². The topological polar surface area (TPSA) is 57.5 Å². The van der Waals surface area contributed by atoms with Crippen molar-refractivity contribution < 1.29 is 14.3 Å². The maximum atomic E-state index is 13.3. The Morgan fingerprint density at radius 2 is 1.56 bits per heavy atom. The molecular formula is C26H22ClNO4. The van der Waals surface area contributed by atoms with E-state index in [1.165, 1.54) is 6.92 Å². The normalized spacial score (nSPS) is 10.8. The molecule has 0 aliphatic rings. The Morgan fingerprint density at radius 1 is 0.906 bits per heavy atom. The summed E-state index contributed by atoms with van der Waals surface area (Å²) in [7, 11) is 1.91. The molecule has 6 heteroatoms. The van der Waals surface area contributed by atoms with Crippen LogP contribution >= 0.6 is 11.6 Å². The van der Waals surface area contributed by atoms with Gasteiger partial charge in [0.05, 0.1) is 11.2 Å². The zero-order valence-electron chi connectivity index (χ0n) is 17.8. The number of ether oxygens (including phenoxy) is 2. The van der Waals surface area contributed by atoms with Crippen LogP contribution in [0, 0.1) is 0 Å². The van der Waals surface area contributed by atoms with Gasteiger partial charge in [0.1, 0.15) is 19.0 Å². The smallest absolute Gasteiger partial charge is 0.231 e. The third kappa shape index (κ3) is 4.39. The first-order chi connectivity index (χ1) is 15.5. The maximum absolute atomic E-state index is 13.3. The number of aryl methyl sites for hydroxylation is 1. The summed E-state index contributed by atoms with van der Waals surface area (Å²) in [5, 5.41) is 1.20. The Kier molecular flexibility index (Phi) is 6.28. The maximum Gasteiger partial charge on any atom is 0.231 e. The van der Waals surface area contributed by atoms with Crippen LogP contribution in [0.5, 0.6) is 11.5 Å². The molecule has 0 amide bonds. The second kappa shape index (κ2) is 9.28. The van der Waals surface area contributed by atoms with E-state index in [0.29, 0.717) is 27.4 Å². The number of fused-ring (bicyclic) bond motifs is 1. The number of aromatic nitrogens is 1. The van der Waals surface area contributed by atoms with E-state index in [1.54, 1.807) is 42.5 Å². The molecule has 0 atom stereocenters. The molecule has 0 fully saturated rings. The fraction of sp³-hybridized carbons (Fsp3) is 0.154. The van der Waals surface area contributed by atoms with Crippen molar-refractivity contribution in [1.29, 1.82) is 0 Å². The standard InChI is InChI=1S/C26H22ClNO4/c1-17(29)18-9-13-21(14-10-18)31-15-16-32-26-24(19-7-11-20(27)12-8-19)28(2)23-6-4-3-5-22(23)25(26)30/h3-14H,15-16H2,1-2H3. The van der Waals surface area contributed by atoms with Crippen LogP contribution < -0.4 is 14.9 Å². The number of Topliss-reactive ketones (excluding diaryl/α,β-unsaturated/α-hetero) is 1. The summed E-state index contributed by atoms with van der Waals surface area (Å²) in [6.07, 6.45) is 0. The van der Waals surface area contributed by atoms with E-state index in [4.69, 9.17) is 21.1 Å². The summed E-state index contributed by atoms with van der Waals surface area (Å²) >= 11 is 6.06. The highest BCUT2D eigenvalue weighted by atomic mass is 35.5. The number of benzene rings is 3. The second-order valence-electron chi connectivity index (χ2n) is 7.37. The molecule has 0 radical (unpaired) electrons. The molecule has 5 nitrogen and oxygen atoms in total. The van der Waals surface area contributed by atoms with Crippen LogP contribution in [-0.2, 0) is 7.05 Å². The summed E-state index contributed by atoms with van der Waals surface area (Å²) in [6.45, 7) is 1.95. The minimum absolute atomic E-state index is 0.00163. The van der Waals surface area contributed by atoms with Crippen LogP contribution in [-0.4, -0.2) is 23.6 Å². The third-order valence-corrected chi connectivity index (χ3v) is 5.50. The van der Waals surface area contributed by atoms with E-state index in [2.05, 4.69) is 0 Å². The Bertz CT molecular complexity index is 1330. The van der Waals surface area contributed by atoms with Gasteiger partial charge in [0.25, 0.3) is 0 Å². The van der Waals surface area contributed by atoms with E-state index in [9.17, 15) is 9.59 Å². The third-order valence-electron chi connectivity index (χ3n) is 5.24. The lowest BCUT2D eigenvalue weighted by Crippen LogP contribution is -2.18. The molecule has 3 aromatic carbocycles. The van der Waals surface area contributed by atoms with Crippen molar-refractivity contribution >= 4 is 28.3 Å². The number of pyridine rings is 1. The van der Waals surface area contributed by atoms with Crippen molar-refractivity contribution in [2.24, 2.45) is 7.05 Å². The number of carbonyl (C=O) groups excluding carboxylic acids is 1. The fourth-order valence-electron chi connectivity index (χ4n) is 3.62. The second-order valence-corrected chi connectivity index (χ2v) is 7.80. The molecule has 0 spiro atoms. The Balaban J connectivity index is 1.61. The highest BCUT2D eigenvalue weighted by Gasteiger charge is 2.18. The monoisotopic (exact) mass is 447 g/mol. The van der Waals surface area contributed by atoms with Gasteiger partial charge in [0.2, 0.25) is 5.43 Å². The summed E-state index contributed by atoms with van der Waals surface area (Å²) in [5.74, 6) is 0.897. The number of hydrogen-bond donors (Lipinski definition) is 0. The predicted octanol–water partition coefficient (Wildman–Crippen LogP) is 5.52. The van der Waals surface area contributed by atoms with Crippen molar-refractivity contribution in [2.45, 2.75) is 6.92 Å². The lowest BCUT2D eigenvalue weighted by molar-refractivity contribution is 0.101. The Labute approximate surface area is 190 Å². The highest BCUT2D eigenvalue weighted by molar-refractivity contribution is 6.30. The average molecular weight is 448 g/mol. The van der Waals surface area contributed by atoms with Gasteiger partial charge >= 0.3 is 0 Å². The number of nitrogens with zero attached hydrogens (tertiary/aromatic N) is 1. The number of hydrogen-bond acceptors (Lipinski definition) is 4. The summed E-state index contributed by atoms with van der Waals surface area (Å²) in [4.78, 5) is 24.7. The average Bonchev–Trinajstić information content (AvgIpc) is 2.81. The van der Waals surface area contributed by atoms with Gasteiger partial charge in [-0.05, 0) is 55.5 Å². The summed E-state index contributed by atoms with van der Waals surface area (Å²) < 4.78 is 13.7. The number of rotatable bonds is 7. The molecule has 0 bridgehead atoms. The molecule has 32 heavy (non-hydrogen) atoms. The van der Waals surface area contributed by atoms with Crippen LogP contribution in [0.15, 0.2) is 77.6 Å². The zero-order chi connectivity index (χ0) is 22.7. The van der Waals surface area contributed by atoms with Crippen molar-refractivity contribution in [2.75, 3.05) is 13.2 Å². The molecule has 1 heterocycles. The van der Waals surface area contributed by atoms with Gasteiger partial charge < -0.3 is 14.0 Å². The van der Waals surface area contributed by atoms with Crippen LogP contribution in [0.25, 0.3) is 22.2 Å². The minimum atomic E-state index is -0.172. The van der Waals surface area contributed by atoms with Gasteiger partial charge in [-0.15, -0.1) is 0 Å². The van der Waals surface area contributed by atoms with Crippen LogP contribution in [0.4, 0.5) is 0 Å². The largest absolute Gasteiger partial charge is 0.490 e. The predicted molar refractivity (Wildman–Crippen MR) is 127 cm³/mol. The van der Waals surface area contributed by atoms with Crippen molar-refractivity contribution in [3.05, 3.63) is 93.6 Å². The zero-order valence-corrected chi connectivity index (χ0v) is 18.6. The molecule has 1 aromatic heterocycles. The van der Waals surface area contributed by atoms with Crippen molar-refractivity contribution in [3.63, 3.8) is 0 Å². The van der Waals surface area contributed by atoms with E-state index < -0.39 is 0 Å². The van der Waals surface area contributed by atoms with E-state index in [1.807, 2.05) is 41.9 Å². The highest BCUT2D eigenvalue weighted by Crippen LogP contribution is 2.31. The molecular weight excluding hydrogens is 426 g/mol. The van der Waals surface area contributed by atoms with Gasteiger partial charge in [0.15, 0.2) is 11.5 Å². The lowest BCUT2D eigenvalue weighted by atomic mass is 10.1. The van der Waals surface area contributed by atoms with Crippen molar-refractivity contribution in [3.8, 4) is 22.8 Å². The molecule has 0 unspecified atom stereocenters. The molecule has 4 rings (SSSR count). The van der Waals surface area contributed by atoms with Crippen LogP contribution in [0.3, 0.4) is 0 Å². The number of halogens is 1. The fourth-order valence-corrected chi connectivity index (χ4v) is 3.74. The van der Waals surface area contributed by atoms with Crippen LogP contribution in [0.1, 0.15) is 17.3 Å². The van der Waals surface area contributed by atoms with Gasteiger partial charge in [-0.2, -0.15) is 0 Å². The minimum Gasteiger partial charge on any atom is -0.490 e. The number of para-hydroxylation sites is 1.